The van der Waals surface area contributed by atoms with Crippen LogP contribution in [0.5, 0.6) is 0 Å². The molecule has 0 saturated carbocycles. The van der Waals surface area contributed by atoms with Gasteiger partial charge in [0.1, 0.15) is 12.2 Å². The van der Waals surface area contributed by atoms with Crippen LogP contribution in [-0.2, 0) is 26.1 Å². The van der Waals surface area contributed by atoms with Crippen LogP contribution in [0.25, 0.3) is 11.0 Å². The fraction of sp³-hybridized carbons (Fsp3) is 0.261. The minimum absolute atomic E-state index is 0.0247. The van der Waals surface area contributed by atoms with Crippen molar-refractivity contribution >= 4 is 38.7 Å². The molecule has 0 fully saturated rings. The second-order valence-corrected chi connectivity index (χ2v) is 9.24. The van der Waals surface area contributed by atoms with Gasteiger partial charge in [-0.25, -0.2) is 27.5 Å². The third-order valence-corrected chi connectivity index (χ3v) is 6.18. The molecule has 0 aliphatic heterocycles. The average Bonchev–Trinajstić information content (AvgIpc) is 2.76. The number of esters is 1. The molecule has 0 saturated heterocycles. The molecule has 180 valence electrons. The van der Waals surface area contributed by atoms with E-state index in [9.17, 15) is 22.8 Å². The minimum Gasteiger partial charge on any atom is -0.457 e. The van der Waals surface area contributed by atoms with E-state index in [4.69, 9.17) is 13.9 Å². The van der Waals surface area contributed by atoms with Gasteiger partial charge in [0.2, 0.25) is 10.0 Å². The fourth-order valence-corrected chi connectivity index (χ4v) is 4.34. The highest BCUT2D eigenvalue weighted by Crippen LogP contribution is 2.22. The first-order chi connectivity index (χ1) is 16.1. The summed E-state index contributed by atoms with van der Waals surface area (Å²) in [5, 5.41) is 3.03. The molecule has 0 aliphatic carbocycles. The Labute approximate surface area is 195 Å². The van der Waals surface area contributed by atoms with Crippen LogP contribution in [0.15, 0.2) is 62.6 Å². The van der Waals surface area contributed by atoms with Gasteiger partial charge in [-0.2, -0.15) is 0 Å². The van der Waals surface area contributed by atoms with E-state index in [-0.39, 0.29) is 35.3 Å². The van der Waals surface area contributed by atoms with Gasteiger partial charge in [0.05, 0.1) is 17.1 Å². The quantitative estimate of drug-likeness (QED) is 0.363. The SMILES string of the molecule is CCOC(=O)Nc1ccc2c(COC(=O)c3ccc(S(=O)(=O)NC(C)C)cc3)cc(=O)oc2c1. The molecule has 1 amide bonds. The molecule has 34 heavy (non-hydrogen) atoms. The van der Waals surface area contributed by atoms with Crippen LogP contribution in [0.4, 0.5) is 10.5 Å². The maximum absolute atomic E-state index is 12.5. The Bertz CT molecular complexity index is 1360. The molecule has 0 atom stereocenters. The number of anilines is 1. The van der Waals surface area contributed by atoms with Crippen LogP contribution in [0.3, 0.4) is 0 Å². The van der Waals surface area contributed by atoms with Crippen molar-refractivity contribution in [3.8, 4) is 0 Å². The van der Waals surface area contributed by atoms with Crippen LogP contribution in [0.2, 0.25) is 0 Å². The highest BCUT2D eigenvalue weighted by Gasteiger charge is 2.17. The first-order valence-electron chi connectivity index (χ1n) is 10.4. The second kappa shape index (κ2) is 10.5. The predicted molar refractivity (Wildman–Crippen MR) is 124 cm³/mol. The number of rotatable bonds is 8. The Hall–Kier alpha value is -3.70. The first-order valence-corrected chi connectivity index (χ1v) is 11.9. The van der Waals surface area contributed by atoms with Gasteiger partial charge in [-0.05, 0) is 57.2 Å². The van der Waals surface area contributed by atoms with Crippen LogP contribution in [-0.4, -0.2) is 33.1 Å². The lowest BCUT2D eigenvalue weighted by atomic mass is 10.1. The monoisotopic (exact) mass is 488 g/mol. The highest BCUT2D eigenvalue weighted by atomic mass is 32.2. The van der Waals surface area contributed by atoms with Gasteiger partial charge in [-0.3, -0.25) is 5.32 Å². The summed E-state index contributed by atoms with van der Waals surface area (Å²) in [4.78, 5) is 36.1. The summed E-state index contributed by atoms with van der Waals surface area (Å²) >= 11 is 0. The molecule has 1 heterocycles. The van der Waals surface area contributed by atoms with Gasteiger partial charge in [-0.15, -0.1) is 0 Å². The van der Waals surface area contributed by atoms with Gasteiger partial charge < -0.3 is 13.9 Å². The topological polar surface area (TPSA) is 141 Å². The van der Waals surface area contributed by atoms with E-state index >= 15 is 0 Å². The van der Waals surface area contributed by atoms with E-state index in [0.717, 1.165) is 0 Å². The number of amides is 1. The van der Waals surface area contributed by atoms with Gasteiger partial charge in [0.25, 0.3) is 0 Å². The summed E-state index contributed by atoms with van der Waals surface area (Å²) in [6.45, 7) is 5.06. The smallest absolute Gasteiger partial charge is 0.411 e. The Morgan fingerprint density at radius 1 is 1.03 bits per heavy atom. The molecule has 0 radical (unpaired) electrons. The summed E-state index contributed by atoms with van der Waals surface area (Å²) in [5.41, 5.74) is 0.462. The van der Waals surface area contributed by atoms with Crippen molar-refractivity contribution in [3.63, 3.8) is 0 Å². The van der Waals surface area contributed by atoms with Crippen molar-refractivity contribution < 1.29 is 31.9 Å². The van der Waals surface area contributed by atoms with Crippen molar-refractivity contribution in [2.24, 2.45) is 0 Å². The van der Waals surface area contributed by atoms with Crippen molar-refractivity contribution in [2.75, 3.05) is 11.9 Å². The Morgan fingerprint density at radius 3 is 2.38 bits per heavy atom. The lowest BCUT2D eigenvalue weighted by molar-refractivity contribution is 0.0473. The Balaban J connectivity index is 1.75. The summed E-state index contributed by atoms with van der Waals surface area (Å²) < 4.78 is 42.2. The predicted octanol–water partition coefficient (Wildman–Crippen LogP) is 3.41. The van der Waals surface area contributed by atoms with E-state index < -0.39 is 27.7 Å². The molecular formula is C23H24N2O8S. The molecule has 3 rings (SSSR count). The van der Waals surface area contributed by atoms with E-state index in [2.05, 4.69) is 10.0 Å². The lowest BCUT2D eigenvalue weighted by Gasteiger charge is -2.11. The highest BCUT2D eigenvalue weighted by molar-refractivity contribution is 7.89. The molecule has 10 nitrogen and oxygen atoms in total. The number of ether oxygens (including phenoxy) is 2. The number of sulfonamides is 1. The Morgan fingerprint density at radius 2 is 1.74 bits per heavy atom. The molecule has 11 heteroatoms. The maximum atomic E-state index is 12.5. The molecule has 0 aliphatic rings. The van der Waals surface area contributed by atoms with E-state index in [1.165, 1.54) is 36.4 Å². The molecule has 0 bridgehead atoms. The van der Waals surface area contributed by atoms with Gasteiger partial charge in [-0.1, -0.05) is 0 Å². The van der Waals surface area contributed by atoms with Gasteiger partial charge >= 0.3 is 17.7 Å². The van der Waals surface area contributed by atoms with Crippen molar-refractivity contribution in [2.45, 2.75) is 38.3 Å². The van der Waals surface area contributed by atoms with Crippen LogP contribution in [0.1, 0.15) is 36.7 Å². The maximum Gasteiger partial charge on any atom is 0.411 e. The molecule has 0 unspecified atom stereocenters. The molecule has 1 aromatic heterocycles. The Kier molecular flexibility index (Phi) is 7.69. The van der Waals surface area contributed by atoms with Crippen molar-refractivity contribution in [3.05, 3.63) is 70.1 Å². The third-order valence-electron chi connectivity index (χ3n) is 4.50. The summed E-state index contributed by atoms with van der Waals surface area (Å²) in [6, 6.07) is 10.9. The lowest BCUT2D eigenvalue weighted by Crippen LogP contribution is -2.30. The first kappa shape index (κ1) is 24.9. The molecule has 0 spiro atoms. The number of hydrogen-bond donors (Lipinski definition) is 2. The molecule has 2 aromatic carbocycles. The van der Waals surface area contributed by atoms with E-state index in [1.807, 2.05) is 0 Å². The summed E-state index contributed by atoms with van der Waals surface area (Å²) in [7, 11) is -3.68. The van der Waals surface area contributed by atoms with Crippen molar-refractivity contribution in [1.82, 2.24) is 4.72 Å². The number of fused-ring (bicyclic) bond motifs is 1. The average molecular weight is 489 g/mol. The standard InChI is InChI=1S/C23H24N2O8S/c1-4-31-23(28)24-17-7-10-19-16(11-21(26)33-20(19)12-17)13-32-22(27)15-5-8-18(9-6-15)34(29,30)25-14(2)3/h5-12,14,25H,4,13H2,1-3H3,(H,24,28). The third kappa shape index (κ3) is 6.21. The minimum atomic E-state index is -3.68. The van der Waals surface area contributed by atoms with Crippen molar-refractivity contribution in [1.29, 1.82) is 0 Å². The number of nitrogens with one attached hydrogen (secondary N) is 2. The number of hydrogen-bond acceptors (Lipinski definition) is 8. The number of benzene rings is 2. The van der Waals surface area contributed by atoms with Crippen LogP contribution < -0.4 is 15.7 Å². The van der Waals surface area contributed by atoms with Gasteiger partial charge in [0, 0.05) is 34.8 Å². The van der Waals surface area contributed by atoms with E-state index in [0.29, 0.717) is 16.6 Å². The number of carbonyl (C=O) groups excluding carboxylic acids is 2. The molecule has 2 N–H and O–H groups in total. The zero-order valence-corrected chi connectivity index (χ0v) is 19.6. The molecule has 3 aromatic rings. The van der Waals surface area contributed by atoms with Crippen LogP contribution in [0, 0.1) is 0 Å². The zero-order valence-electron chi connectivity index (χ0n) is 18.8. The fourth-order valence-electron chi connectivity index (χ4n) is 3.09. The molecular weight excluding hydrogens is 464 g/mol. The van der Waals surface area contributed by atoms with Crippen LogP contribution >= 0.6 is 0 Å². The summed E-state index contributed by atoms with van der Waals surface area (Å²) in [6.07, 6.45) is -0.645. The largest absolute Gasteiger partial charge is 0.457 e. The normalized spacial score (nSPS) is 11.4. The zero-order chi connectivity index (χ0) is 24.9. The summed E-state index contributed by atoms with van der Waals surface area (Å²) in [5.74, 6) is -0.692. The number of carbonyl (C=O) groups is 2. The van der Waals surface area contributed by atoms with Gasteiger partial charge in [0.15, 0.2) is 0 Å². The van der Waals surface area contributed by atoms with E-state index in [1.54, 1.807) is 32.9 Å². The second-order valence-electron chi connectivity index (χ2n) is 7.52.